The minimum Gasteiger partial charge on any atom is -0.456 e. The summed E-state index contributed by atoms with van der Waals surface area (Å²) in [6.45, 7) is 0. The second-order valence-electron chi connectivity index (χ2n) is 14.7. The molecule has 0 fully saturated rings. The topological polar surface area (TPSA) is 29.5 Å². The SMILES string of the molecule is C1=CC(N(c2ccccc2-c2cccc3oc4cc5ccccc5cc4c23)c2cccc3oc4ccccc4c23)CC=C1c1cccc2c1sc1ccccc12. The Morgan fingerprint density at radius 1 is 0.482 bits per heavy atom. The molecule has 1 atom stereocenters. The lowest BCUT2D eigenvalue weighted by Gasteiger charge is -2.35. The minimum atomic E-state index is 0.0324. The van der Waals surface area contributed by atoms with Gasteiger partial charge < -0.3 is 13.7 Å². The smallest absolute Gasteiger partial charge is 0.137 e. The highest BCUT2D eigenvalue weighted by Gasteiger charge is 2.27. The Kier molecular flexibility index (Phi) is 6.92. The molecule has 0 saturated heterocycles. The van der Waals surface area contributed by atoms with Gasteiger partial charge in [-0.3, -0.25) is 0 Å². The van der Waals surface area contributed by atoms with E-state index in [1.165, 1.54) is 42.1 Å². The summed E-state index contributed by atoms with van der Waals surface area (Å²) >= 11 is 1.89. The normalized spacial score (nSPS) is 14.6. The number of anilines is 2. The third-order valence-electron chi connectivity index (χ3n) is 11.6. The van der Waals surface area contributed by atoms with Crippen molar-refractivity contribution in [1.29, 1.82) is 0 Å². The summed E-state index contributed by atoms with van der Waals surface area (Å²) in [5, 5.41) is 9.51. The van der Waals surface area contributed by atoms with Crippen LogP contribution in [0.1, 0.15) is 12.0 Å². The number of thiophene rings is 1. The predicted molar refractivity (Wildman–Crippen MR) is 237 cm³/mol. The third kappa shape index (κ3) is 4.76. The number of nitrogens with zero attached hydrogens (tertiary/aromatic N) is 1. The van der Waals surface area contributed by atoms with Crippen LogP contribution in [0.5, 0.6) is 0 Å². The van der Waals surface area contributed by atoms with Crippen molar-refractivity contribution in [2.75, 3.05) is 4.90 Å². The van der Waals surface area contributed by atoms with Crippen LogP contribution in [-0.2, 0) is 0 Å². The molecule has 264 valence electrons. The minimum absolute atomic E-state index is 0.0324. The summed E-state index contributed by atoms with van der Waals surface area (Å²) in [7, 11) is 0. The monoisotopic (exact) mass is 735 g/mol. The van der Waals surface area contributed by atoms with E-state index in [0.29, 0.717) is 0 Å². The third-order valence-corrected chi connectivity index (χ3v) is 12.8. The number of allylic oxidation sites excluding steroid dienone is 2. The van der Waals surface area contributed by atoms with Crippen LogP contribution in [0.25, 0.3) is 91.5 Å². The highest BCUT2D eigenvalue weighted by molar-refractivity contribution is 7.26. The standard InChI is InChI=1S/C52H33NO2S/c1-2-13-34-31-48-42(30-33(34)12-1)50-39(18-10-23-46(50)55-48)37-14-3-6-20-43(37)53(44-21-11-24-47-51(44)41-16-4-7-22-45(41)54-47)35-28-26-32(27-29-35)36-17-9-19-40-38-15-5-8-25-49(38)56-52(36)40/h1-28,30-31,35H,29H2. The fraction of sp³-hybridized carbons (Fsp3) is 0.0385. The van der Waals surface area contributed by atoms with Gasteiger partial charge in [-0.15, -0.1) is 11.3 Å². The molecule has 8 aromatic carbocycles. The van der Waals surface area contributed by atoms with Gasteiger partial charge in [0.05, 0.1) is 17.1 Å². The predicted octanol–water partition coefficient (Wildman–Crippen LogP) is 15.2. The number of furan rings is 2. The van der Waals surface area contributed by atoms with Crippen LogP contribution in [0.3, 0.4) is 0 Å². The summed E-state index contributed by atoms with van der Waals surface area (Å²) in [6, 6.07) is 58.7. The number of benzene rings is 8. The molecular weight excluding hydrogens is 703 g/mol. The van der Waals surface area contributed by atoms with Gasteiger partial charge in [-0.1, -0.05) is 133 Å². The van der Waals surface area contributed by atoms with Crippen LogP contribution in [0.15, 0.2) is 191 Å². The fourth-order valence-corrected chi connectivity index (χ4v) is 10.3. The van der Waals surface area contributed by atoms with Crippen molar-refractivity contribution in [3.8, 4) is 11.1 Å². The van der Waals surface area contributed by atoms with E-state index in [4.69, 9.17) is 8.83 Å². The van der Waals surface area contributed by atoms with Gasteiger partial charge in [-0.05, 0) is 82.4 Å². The first-order chi connectivity index (χ1) is 27.8. The summed E-state index contributed by atoms with van der Waals surface area (Å²) < 4.78 is 15.7. The number of para-hydroxylation sites is 2. The first-order valence-corrected chi connectivity index (χ1v) is 20.0. The average Bonchev–Trinajstić information content (AvgIpc) is 3.95. The van der Waals surface area contributed by atoms with Crippen molar-refractivity contribution in [2.45, 2.75) is 12.5 Å². The van der Waals surface area contributed by atoms with Gasteiger partial charge in [0.25, 0.3) is 0 Å². The maximum absolute atomic E-state index is 6.58. The summed E-state index contributed by atoms with van der Waals surface area (Å²) in [6.07, 6.45) is 8.01. The molecule has 0 aliphatic heterocycles. The first kappa shape index (κ1) is 31.5. The van der Waals surface area contributed by atoms with E-state index < -0.39 is 0 Å². The molecule has 0 N–H and O–H groups in total. The lowest BCUT2D eigenvalue weighted by molar-refractivity contribution is 0.668. The maximum atomic E-state index is 6.58. The van der Waals surface area contributed by atoms with E-state index in [2.05, 4.69) is 181 Å². The van der Waals surface area contributed by atoms with E-state index in [1.807, 2.05) is 17.4 Å². The largest absolute Gasteiger partial charge is 0.456 e. The molecule has 3 aromatic heterocycles. The zero-order valence-electron chi connectivity index (χ0n) is 30.3. The first-order valence-electron chi connectivity index (χ1n) is 19.2. The van der Waals surface area contributed by atoms with Gasteiger partial charge in [0.15, 0.2) is 0 Å². The Morgan fingerprint density at radius 3 is 2.02 bits per heavy atom. The van der Waals surface area contributed by atoms with Gasteiger partial charge in [0.1, 0.15) is 22.3 Å². The summed E-state index contributed by atoms with van der Waals surface area (Å²) in [4.78, 5) is 2.54. The Balaban J connectivity index is 1.06. The molecule has 4 heteroatoms. The summed E-state index contributed by atoms with van der Waals surface area (Å²) in [5.41, 5.74) is 10.7. The van der Waals surface area contributed by atoms with Crippen molar-refractivity contribution in [3.05, 3.63) is 188 Å². The van der Waals surface area contributed by atoms with Crippen molar-refractivity contribution in [3.63, 3.8) is 0 Å². The van der Waals surface area contributed by atoms with Gasteiger partial charge >= 0.3 is 0 Å². The molecule has 1 aliphatic rings. The molecule has 56 heavy (non-hydrogen) atoms. The molecule has 0 bridgehead atoms. The van der Waals surface area contributed by atoms with Gasteiger partial charge in [0.2, 0.25) is 0 Å². The molecule has 11 aromatic rings. The molecule has 3 nitrogen and oxygen atoms in total. The van der Waals surface area contributed by atoms with Crippen molar-refractivity contribution in [1.82, 2.24) is 0 Å². The molecule has 0 radical (unpaired) electrons. The number of rotatable bonds is 5. The average molecular weight is 736 g/mol. The van der Waals surface area contributed by atoms with Crippen LogP contribution in [0.2, 0.25) is 0 Å². The van der Waals surface area contributed by atoms with Gasteiger partial charge in [-0.25, -0.2) is 0 Å². The molecule has 0 spiro atoms. The van der Waals surface area contributed by atoms with Crippen LogP contribution in [-0.4, -0.2) is 6.04 Å². The van der Waals surface area contributed by atoms with Crippen LogP contribution in [0.4, 0.5) is 11.4 Å². The van der Waals surface area contributed by atoms with Gasteiger partial charge in [-0.2, -0.15) is 0 Å². The molecule has 1 aliphatic carbocycles. The zero-order valence-corrected chi connectivity index (χ0v) is 31.1. The molecule has 12 rings (SSSR count). The quantitative estimate of drug-likeness (QED) is 0.176. The lowest BCUT2D eigenvalue weighted by Crippen LogP contribution is -2.30. The number of fused-ring (bicyclic) bond motifs is 10. The Labute approximate surface area is 326 Å². The Hall–Kier alpha value is -6.88. The second-order valence-corrected chi connectivity index (χ2v) is 15.8. The van der Waals surface area contributed by atoms with E-state index in [1.54, 1.807) is 0 Å². The van der Waals surface area contributed by atoms with E-state index >= 15 is 0 Å². The molecule has 1 unspecified atom stereocenters. The Morgan fingerprint density at radius 2 is 1.12 bits per heavy atom. The molecule has 0 amide bonds. The van der Waals surface area contributed by atoms with Crippen LogP contribution in [0, 0.1) is 0 Å². The number of hydrogen-bond donors (Lipinski definition) is 0. The molecule has 0 saturated carbocycles. The maximum Gasteiger partial charge on any atom is 0.137 e. The van der Waals surface area contributed by atoms with Crippen LogP contribution < -0.4 is 4.90 Å². The zero-order chi connectivity index (χ0) is 36.7. The van der Waals surface area contributed by atoms with Crippen molar-refractivity contribution in [2.24, 2.45) is 0 Å². The van der Waals surface area contributed by atoms with Crippen LogP contribution >= 0.6 is 11.3 Å². The lowest BCUT2D eigenvalue weighted by atomic mass is 9.92. The fourth-order valence-electron chi connectivity index (χ4n) is 9.07. The van der Waals surface area contributed by atoms with E-state index in [0.717, 1.165) is 72.8 Å². The molecular formula is C52H33NO2S. The number of hydrogen-bond acceptors (Lipinski definition) is 4. The van der Waals surface area contributed by atoms with E-state index in [-0.39, 0.29) is 6.04 Å². The second kappa shape index (κ2) is 12.3. The van der Waals surface area contributed by atoms with Crippen molar-refractivity contribution >= 4 is 103 Å². The van der Waals surface area contributed by atoms with Crippen molar-refractivity contribution < 1.29 is 8.83 Å². The Bertz CT molecular complexity index is 3430. The summed E-state index contributed by atoms with van der Waals surface area (Å²) in [5.74, 6) is 0. The molecule has 3 heterocycles. The van der Waals surface area contributed by atoms with E-state index in [9.17, 15) is 0 Å². The highest BCUT2D eigenvalue weighted by atomic mass is 32.1. The van der Waals surface area contributed by atoms with Gasteiger partial charge in [0, 0.05) is 47.6 Å². The highest BCUT2D eigenvalue weighted by Crippen LogP contribution is 2.47.